The van der Waals surface area contributed by atoms with Gasteiger partial charge in [0.05, 0.1) is 0 Å². The van der Waals surface area contributed by atoms with Gasteiger partial charge >= 0.3 is 0 Å². The zero-order valence-corrected chi connectivity index (χ0v) is 16.0. The van der Waals surface area contributed by atoms with Gasteiger partial charge in [0.25, 0.3) is 0 Å². The normalized spacial score (nSPS) is 17.3. The maximum absolute atomic E-state index is 4.63. The number of hydrogen-bond donors (Lipinski definition) is 1. The van der Waals surface area contributed by atoms with Crippen molar-refractivity contribution in [2.24, 2.45) is 7.05 Å². The summed E-state index contributed by atoms with van der Waals surface area (Å²) in [4.78, 5) is 11.5. The van der Waals surface area contributed by atoms with Crippen LogP contribution in [-0.4, -0.2) is 54.7 Å². The first-order chi connectivity index (χ1) is 13.1. The van der Waals surface area contributed by atoms with E-state index in [1.165, 1.54) is 0 Å². The van der Waals surface area contributed by atoms with Crippen LogP contribution in [0, 0.1) is 6.92 Å². The highest BCUT2D eigenvalue weighted by Gasteiger charge is 2.27. The number of aryl methyl sites for hydroxylation is 1. The monoisotopic (exact) mass is 367 g/mol. The van der Waals surface area contributed by atoms with Crippen LogP contribution in [0.4, 0.5) is 11.8 Å². The van der Waals surface area contributed by atoms with Gasteiger partial charge in [-0.15, -0.1) is 10.2 Å². The average molecular weight is 367 g/mol. The van der Waals surface area contributed by atoms with Gasteiger partial charge in [-0.3, -0.25) is 4.68 Å². The maximum Gasteiger partial charge on any atom is 0.227 e. The minimum atomic E-state index is 0.310. The van der Waals surface area contributed by atoms with Gasteiger partial charge in [-0.2, -0.15) is 10.1 Å². The van der Waals surface area contributed by atoms with E-state index in [1.54, 1.807) is 6.20 Å². The summed E-state index contributed by atoms with van der Waals surface area (Å²) in [6.45, 7) is 4.43. The Balaban J connectivity index is 1.53. The lowest BCUT2D eigenvalue weighted by molar-refractivity contribution is 0.472. The van der Waals surface area contributed by atoms with E-state index in [-0.39, 0.29) is 0 Å². The number of piperidine rings is 1. The van der Waals surface area contributed by atoms with E-state index in [0.717, 1.165) is 55.0 Å². The molecule has 0 saturated carbocycles. The number of rotatable bonds is 5. The van der Waals surface area contributed by atoms with Crippen molar-refractivity contribution in [3.05, 3.63) is 41.9 Å². The summed E-state index contributed by atoms with van der Waals surface area (Å²) in [6, 6.07) is 3.87. The highest BCUT2D eigenvalue weighted by Crippen LogP contribution is 2.28. The first kappa shape index (κ1) is 17.4. The summed E-state index contributed by atoms with van der Waals surface area (Å²) in [5.41, 5.74) is 0.964. The lowest BCUT2D eigenvalue weighted by Crippen LogP contribution is -2.36. The van der Waals surface area contributed by atoms with Gasteiger partial charge in [0.15, 0.2) is 5.82 Å². The van der Waals surface area contributed by atoms with Crippen molar-refractivity contribution in [2.45, 2.75) is 32.2 Å². The Kier molecular flexibility index (Phi) is 4.74. The van der Waals surface area contributed by atoms with Crippen molar-refractivity contribution in [1.29, 1.82) is 0 Å². The highest BCUT2D eigenvalue weighted by atomic mass is 15.3. The summed E-state index contributed by atoms with van der Waals surface area (Å²) < 4.78 is 3.97. The van der Waals surface area contributed by atoms with Gasteiger partial charge in [0.2, 0.25) is 5.95 Å². The molecule has 0 radical (unpaired) electrons. The second-order valence-electron chi connectivity index (χ2n) is 6.97. The molecule has 1 fully saturated rings. The molecule has 3 aromatic rings. The van der Waals surface area contributed by atoms with E-state index in [4.69, 9.17) is 0 Å². The molecule has 4 heterocycles. The molecule has 1 aliphatic heterocycles. The zero-order valence-electron chi connectivity index (χ0n) is 16.0. The van der Waals surface area contributed by atoms with Crippen LogP contribution in [0.25, 0.3) is 0 Å². The summed E-state index contributed by atoms with van der Waals surface area (Å²) >= 11 is 0. The quantitative estimate of drug-likeness (QED) is 0.732. The van der Waals surface area contributed by atoms with Crippen LogP contribution in [0.15, 0.2) is 24.5 Å². The van der Waals surface area contributed by atoms with Crippen LogP contribution in [0.1, 0.15) is 36.1 Å². The van der Waals surface area contributed by atoms with Crippen molar-refractivity contribution in [2.75, 3.05) is 30.4 Å². The number of nitrogens with one attached hydrogen (secondary N) is 1. The lowest BCUT2D eigenvalue weighted by Gasteiger charge is -2.32. The molecule has 9 heteroatoms. The van der Waals surface area contributed by atoms with E-state index in [0.29, 0.717) is 12.5 Å². The van der Waals surface area contributed by atoms with Crippen molar-refractivity contribution in [3.63, 3.8) is 0 Å². The molecule has 9 nitrogen and oxygen atoms in total. The topological polar surface area (TPSA) is 89.6 Å². The van der Waals surface area contributed by atoms with Gasteiger partial charge < -0.3 is 14.8 Å². The highest BCUT2D eigenvalue weighted by molar-refractivity contribution is 5.43. The van der Waals surface area contributed by atoms with E-state index in [1.807, 2.05) is 44.0 Å². The Morgan fingerprint density at radius 1 is 1.26 bits per heavy atom. The molecule has 4 rings (SSSR count). The Bertz CT molecular complexity index is 900. The maximum atomic E-state index is 4.63. The molecule has 0 aromatic carbocycles. The molecule has 142 valence electrons. The second kappa shape index (κ2) is 7.34. The van der Waals surface area contributed by atoms with Crippen LogP contribution in [0.5, 0.6) is 0 Å². The van der Waals surface area contributed by atoms with Gasteiger partial charge in [-0.1, -0.05) is 0 Å². The predicted octanol–water partition coefficient (Wildman–Crippen LogP) is 1.58. The molecule has 27 heavy (non-hydrogen) atoms. The molecule has 0 amide bonds. The number of hydrogen-bond acceptors (Lipinski definition) is 7. The fraction of sp³-hybridized carbons (Fsp3) is 0.500. The molecule has 1 atom stereocenters. The SMILES string of the molecule is CNc1cc(C)nc(N2CCC[C@H](c3nnc(Cn4cccn4)n3C)C2)n1. The molecular weight excluding hydrogens is 342 g/mol. The molecule has 0 unspecified atom stereocenters. The molecular formula is C18H25N9. The number of aromatic nitrogens is 7. The first-order valence-electron chi connectivity index (χ1n) is 9.28. The van der Waals surface area contributed by atoms with Gasteiger partial charge in [-0.25, -0.2) is 4.98 Å². The fourth-order valence-corrected chi connectivity index (χ4v) is 3.60. The third kappa shape index (κ3) is 3.62. The Morgan fingerprint density at radius 3 is 2.93 bits per heavy atom. The van der Waals surface area contributed by atoms with Gasteiger partial charge in [0.1, 0.15) is 18.2 Å². The summed E-state index contributed by atoms with van der Waals surface area (Å²) in [5, 5.41) is 16.3. The Labute approximate surface area is 158 Å². The van der Waals surface area contributed by atoms with E-state index in [9.17, 15) is 0 Å². The molecule has 1 N–H and O–H groups in total. The molecule has 3 aromatic heterocycles. The van der Waals surface area contributed by atoms with Gasteiger partial charge in [0, 0.05) is 57.3 Å². The predicted molar refractivity (Wildman–Crippen MR) is 103 cm³/mol. The van der Waals surface area contributed by atoms with E-state index >= 15 is 0 Å². The van der Waals surface area contributed by atoms with Crippen molar-refractivity contribution < 1.29 is 0 Å². The molecule has 1 aliphatic rings. The van der Waals surface area contributed by atoms with Crippen LogP contribution in [-0.2, 0) is 13.6 Å². The Morgan fingerprint density at radius 2 is 2.15 bits per heavy atom. The average Bonchev–Trinajstić information content (AvgIpc) is 3.32. The summed E-state index contributed by atoms with van der Waals surface area (Å²) in [7, 11) is 3.92. The summed E-state index contributed by atoms with van der Waals surface area (Å²) in [5.74, 6) is 3.87. The first-order valence-corrected chi connectivity index (χ1v) is 9.28. The fourth-order valence-electron chi connectivity index (χ4n) is 3.60. The van der Waals surface area contributed by atoms with Crippen molar-refractivity contribution in [3.8, 4) is 0 Å². The van der Waals surface area contributed by atoms with Gasteiger partial charge in [-0.05, 0) is 25.8 Å². The minimum Gasteiger partial charge on any atom is -0.373 e. The largest absolute Gasteiger partial charge is 0.373 e. The second-order valence-corrected chi connectivity index (χ2v) is 6.97. The smallest absolute Gasteiger partial charge is 0.227 e. The molecule has 0 bridgehead atoms. The third-order valence-electron chi connectivity index (χ3n) is 5.03. The van der Waals surface area contributed by atoms with Crippen LogP contribution in [0.2, 0.25) is 0 Å². The Hall–Kier alpha value is -2.97. The van der Waals surface area contributed by atoms with Crippen LogP contribution >= 0.6 is 0 Å². The van der Waals surface area contributed by atoms with Crippen LogP contribution < -0.4 is 10.2 Å². The standard InChI is InChI=1S/C18H25N9/c1-13-10-15(19-2)22-18(21-13)26-8-4-6-14(11-26)17-24-23-16(25(17)3)12-27-9-5-7-20-27/h5,7,9-10,14H,4,6,8,11-12H2,1-3H3,(H,19,21,22)/t14-/m0/s1. The summed E-state index contributed by atoms with van der Waals surface area (Å²) in [6.07, 6.45) is 5.88. The minimum absolute atomic E-state index is 0.310. The van der Waals surface area contributed by atoms with Crippen molar-refractivity contribution in [1.82, 2.24) is 34.5 Å². The molecule has 0 spiro atoms. The molecule has 1 saturated heterocycles. The molecule has 0 aliphatic carbocycles. The van der Waals surface area contributed by atoms with E-state index < -0.39 is 0 Å². The zero-order chi connectivity index (χ0) is 18.8. The number of nitrogens with zero attached hydrogens (tertiary/aromatic N) is 8. The van der Waals surface area contributed by atoms with E-state index in [2.05, 4.69) is 40.0 Å². The number of anilines is 2. The third-order valence-corrected chi connectivity index (χ3v) is 5.03. The lowest BCUT2D eigenvalue weighted by atomic mass is 9.97. The van der Waals surface area contributed by atoms with Crippen LogP contribution in [0.3, 0.4) is 0 Å². The van der Waals surface area contributed by atoms with Crippen molar-refractivity contribution >= 4 is 11.8 Å².